The van der Waals surface area contributed by atoms with Gasteiger partial charge in [-0.2, -0.15) is 0 Å². The van der Waals surface area contributed by atoms with Gasteiger partial charge in [0.15, 0.2) is 0 Å². The van der Waals surface area contributed by atoms with Gasteiger partial charge in [0.05, 0.1) is 44.2 Å². The summed E-state index contributed by atoms with van der Waals surface area (Å²) in [6.07, 6.45) is 6.29. The van der Waals surface area contributed by atoms with Gasteiger partial charge in [0.1, 0.15) is 11.9 Å². The Morgan fingerprint density at radius 3 is 3.04 bits per heavy atom. The van der Waals surface area contributed by atoms with Crippen molar-refractivity contribution in [3.63, 3.8) is 0 Å². The maximum absolute atomic E-state index is 12.7. The summed E-state index contributed by atoms with van der Waals surface area (Å²) in [6, 6.07) is 6.78. The number of pyridine rings is 1. The van der Waals surface area contributed by atoms with Crippen LogP contribution in [0.15, 0.2) is 52.2 Å². The highest BCUT2D eigenvalue weighted by atomic mass is 16.6. The van der Waals surface area contributed by atoms with E-state index in [1.54, 1.807) is 33.9 Å². The molecule has 26 heavy (non-hydrogen) atoms. The van der Waals surface area contributed by atoms with Crippen molar-refractivity contribution in [3.05, 3.63) is 58.9 Å². The van der Waals surface area contributed by atoms with Crippen LogP contribution >= 0.6 is 0 Å². The van der Waals surface area contributed by atoms with Crippen LogP contribution in [0.5, 0.6) is 0 Å². The zero-order valence-electron chi connectivity index (χ0n) is 14.5. The third kappa shape index (κ3) is 3.45. The second-order valence-electron chi connectivity index (χ2n) is 6.94. The summed E-state index contributed by atoms with van der Waals surface area (Å²) in [7, 11) is 0. The summed E-state index contributed by atoms with van der Waals surface area (Å²) < 4.78 is 18.8. The van der Waals surface area contributed by atoms with Crippen molar-refractivity contribution in [2.75, 3.05) is 26.3 Å². The molecule has 4 rings (SSSR count). The molecule has 0 bridgehead atoms. The fraction of sp³-hybridized carbons (Fsp3) is 0.474. The monoisotopic (exact) mass is 358 g/mol. The van der Waals surface area contributed by atoms with Crippen molar-refractivity contribution in [3.8, 4) is 0 Å². The smallest absolute Gasteiger partial charge is 0.257 e. The Labute approximate surface area is 151 Å². The predicted octanol–water partition coefficient (Wildman–Crippen LogP) is 1.53. The molecule has 0 aromatic carbocycles. The third-order valence-corrected chi connectivity index (χ3v) is 5.04. The first-order chi connectivity index (χ1) is 12.7. The zero-order chi connectivity index (χ0) is 18.0. The SMILES string of the molecule is O=C(c1ccoc1)N1CCOCC2(CCC(Cn3ccccc3=O)O2)C1. The molecule has 2 fully saturated rings. The van der Waals surface area contributed by atoms with Crippen LogP contribution in [0, 0.1) is 0 Å². The maximum Gasteiger partial charge on any atom is 0.257 e. The minimum Gasteiger partial charge on any atom is -0.472 e. The molecule has 7 heteroatoms. The number of carbonyl (C=O) groups excluding carboxylic acids is 1. The second-order valence-corrected chi connectivity index (χ2v) is 6.94. The van der Waals surface area contributed by atoms with E-state index in [4.69, 9.17) is 13.9 Å². The van der Waals surface area contributed by atoms with Crippen molar-refractivity contribution in [1.29, 1.82) is 0 Å². The minimum absolute atomic E-state index is 0.0362. The van der Waals surface area contributed by atoms with Crippen LogP contribution in [-0.4, -0.2) is 53.4 Å². The first-order valence-corrected chi connectivity index (χ1v) is 8.88. The molecule has 0 aliphatic carbocycles. The quantitative estimate of drug-likeness (QED) is 0.832. The molecule has 0 N–H and O–H groups in total. The number of ether oxygens (including phenoxy) is 2. The summed E-state index contributed by atoms with van der Waals surface area (Å²) in [5, 5.41) is 0. The highest BCUT2D eigenvalue weighted by Gasteiger charge is 2.44. The van der Waals surface area contributed by atoms with Crippen molar-refractivity contribution in [2.45, 2.75) is 31.1 Å². The summed E-state index contributed by atoms with van der Waals surface area (Å²) in [4.78, 5) is 26.4. The van der Waals surface area contributed by atoms with Crippen molar-refractivity contribution in [1.82, 2.24) is 9.47 Å². The van der Waals surface area contributed by atoms with Crippen LogP contribution in [0.4, 0.5) is 0 Å². The molecule has 0 saturated carbocycles. The van der Waals surface area contributed by atoms with Gasteiger partial charge in [-0.05, 0) is 25.0 Å². The number of rotatable bonds is 3. The normalized spacial score (nSPS) is 26.2. The van der Waals surface area contributed by atoms with Gasteiger partial charge in [-0.25, -0.2) is 0 Å². The van der Waals surface area contributed by atoms with Crippen LogP contribution < -0.4 is 5.56 Å². The Kier molecular flexibility index (Phi) is 4.65. The fourth-order valence-electron chi connectivity index (χ4n) is 3.72. The zero-order valence-corrected chi connectivity index (χ0v) is 14.5. The Bertz CT molecular complexity index is 815. The van der Waals surface area contributed by atoms with E-state index in [2.05, 4.69) is 0 Å². The van der Waals surface area contributed by atoms with E-state index in [0.29, 0.717) is 38.4 Å². The number of amides is 1. The van der Waals surface area contributed by atoms with Gasteiger partial charge in [-0.15, -0.1) is 0 Å². The van der Waals surface area contributed by atoms with Crippen LogP contribution in [-0.2, 0) is 16.0 Å². The molecule has 2 saturated heterocycles. The molecule has 7 nitrogen and oxygen atoms in total. The molecule has 138 valence electrons. The second kappa shape index (κ2) is 7.09. The third-order valence-electron chi connectivity index (χ3n) is 5.04. The van der Waals surface area contributed by atoms with E-state index in [1.807, 2.05) is 6.07 Å². The van der Waals surface area contributed by atoms with E-state index in [-0.39, 0.29) is 17.6 Å². The van der Waals surface area contributed by atoms with Gasteiger partial charge in [0, 0.05) is 18.8 Å². The molecule has 2 aliphatic heterocycles. The van der Waals surface area contributed by atoms with Crippen molar-refractivity contribution >= 4 is 5.91 Å². The van der Waals surface area contributed by atoms with Crippen LogP contribution in [0.2, 0.25) is 0 Å². The first-order valence-electron chi connectivity index (χ1n) is 8.88. The summed E-state index contributed by atoms with van der Waals surface area (Å²) in [5.41, 5.74) is -0.0164. The lowest BCUT2D eigenvalue weighted by Crippen LogP contribution is -2.47. The van der Waals surface area contributed by atoms with Crippen LogP contribution in [0.3, 0.4) is 0 Å². The number of nitrogens with zero attached hydrogens (tertiary/aromatic N) is 2. The summed E-state index contributed by atoms with van der Waals surface area (Å²) in [5.74, 6) is -0.0741. The first kappa shape index (κ1) is 17.1. The number of furan rings is 1. The topological polar surface area (TPSA) is 73.9 Å². The standard InChI is InChI=1S/C19H22N2O5/c22-17-3-1-2-7-20(17)11-16-4-6-19(26-16)13-21(8-10-25-14-19)18(23)15-5-9-24-12-15/h1-3,5,7,9,12,16H,4,6,8,10-11,13-14H2. The van der Waals surface area contributed by atoms with E-state index in [9.17, 15) is 9.59 Å². The molecule has 1 amide bonds. The van der Waals surface area contributed by atoms with E-state index >= 15 is 0 Å². The molecule has 2 aromatic heterocycles. The van der Waals surface area contributed by atoms with Crippen LogP contribution in [0.25, 0.3) is 0 Å². The van der Waals surface area contributed by atoms with Gasteiger partial charge in [0.2, 0.25) is 0 Å². The molecular weight excluding hydrogens is 336 g/mol. The number of aromatic nitrogens is 1. The van der Waals surface area contributed by atoms with Gasteiger partial charge in [-0.1, -0.05) is 6.07 Å². The van der Waals surface area contributed by atoms with Gasteiger partial charge in [0.25, 0.3) is 11.5 Å². The highest BCUT2D eigenvalue weighted by molar-refractivity contribution is 5.93. The van der Waals surface area contributed by atoms with Gasteiger partial charge in [-0.3, -0.25) is 9.59 Å². The van der Waals surface area contributed by atoms with Gasteiger partial charge < -0.3 is 23.4 Å². The Hall–Kier alpha value is -2.38. The van der Waals surface area contributed by atoms with Crippen molar-refractivity contribution in [2.24, 2.45) is 0 Å². The number of carbonyl (C=O) groups is 1. The van der Waals surface area contributed by atoms with E-state index < -0.39 is 5.60 Å². The summed E-state index contributed by atoms with van der Waals surface area (Å²) >= 11 is 0. The lowest BCUT2D eigenvalue weighted by molar-refractivity contribution is -0.0876. The Morgan fingerprint density at radius 1 is 1.31 bits per heavy atom. The molecule has 4 heterocycles. The molecule has 2 aromatic rings. The summed E-state index contributed by atoms with van der Waals surface area (Å²) in [6.45, 7) is 2.46. The minimum atomic E-state index is -0.515. The predicted molar refractivity (Wildman–Crippen MR) is 93.0 cm³/mol. The van der Waals surface area contributed by atoms with E-state index in [0.717, 1.165) is 12.8 Å². The average molecular weight is 358 g/mol. The molecule has 2 unspecified atom stereocenters. The molecule has 0 radical (unpaired) electrons. The van der Waals surface area contributed by atoms with Crippen molar-refractivity contribution < 1.29 is 18.7 Å². The lowest BCUT2D eigenvalue weighted by Gasteiger charge is -2.31. The molecule has 2 aliphatic rings. The maximum atomic E-state index is 12.7. The molecule has 1 spiro atoms. The average Bonchev–Trinajstić information content (AvgIpc) is 3.25. The Balaban J connectivity index is 1.46. The fourth-order valence-corrected chi connectivity index (χ4v) is 3.72. The van der Waals surface area contributed by atoms with E-state index in [1.165, 1.54) is 12.5 Å². The lowest BCUT2D eigenvalue weighted by atomic mass is 10.00. The molecule has 2 atom stereocenters. The molecular formula is C19H22N2O5. The largest absolute Gasteiger partial charge is 0.472 e. The highest BCUT2D eigenvalue weighted by Crippen LogP contribution is 2.34. The Morgan fingerprint density at radius 2 is 2.23 bits per heavy atom. The number of hydrogen-bond donors (Lipinski definition) is 0. The van der Waals surface area contributed by atoms with Crippen LogP contribution in [0.1, 0.15) is 23.2 Å². The number of hydrogen-bond acceptors (Lipinski definition) is 5. The van der Waals surface area contributed by atoms with Gasteiger partial charge >= 0.3 is 0 Å².